The van der Waals surface area contributed by atoms with Crippen molar-refractivity contribution >= 4 is 137 Å². The lowest BCUT2D eigenvalue weighted by molar-refractivity contribution is -0.143. The summed E-state index contributed by atoms with van der Waals surface area (Å²) in [6, 6.07) is -23.2. The summed E-state index contributed by atoms with van der Waals surface area (Å²) in [5.74, 6) is -16.1. The van der Waals surface area contributed by atoms with E-state index in [0.29, 0.717) is 0 Å². The van der Waals surface area contributed by atoms with Crippen molar-refractivity contribution in [1.82, 2.24) is 101 Å². The number of aliphatic carboxylic acids is 1. The van der Waals surface area contributed by atoms with Gasteiger partial charge in [0.05, 0.1) is 12.5 Å². The molecule has 22 amide bonds. The molecule has 0 spiro atoms. The predicted molar refractivity (Wildman–Crippen MR) is 440 cm³/mol. The summed E-state index contributed by atoms with van der Waals surface area (Å²) in [7, 11) is 0. The number of carboxylic acid groups (broad SMARTS) is 1. The molecule has 0 rings (SSSR count). The second-order valence-corrected chi connectivity index (χ2v) is 29.1. The number of carbonyl (C=O) groups excluding carboxylic acids is 17. The Hall–Kier alpha value is -12.4. The van der Waals surface area contributed by atoms with Gasteiger partial charge in [0.1, 0.15) is 66.5 Å². The maximum Gasteiger partial charge on any atom is 0.326 e. The Morgan fingerprint density at radius 3 is 0.758 bits per heavy atom. The summed E-state index contributed by atoms with van der Waals surface area (Å²) in [4.78, 5) is 241. The summed E-state index contributed by atoms with van der Waals surface area (Å²) in [5.41, 5.74) is 53.9. The standard InChI is InChI=1S/C68H128N32O19S/c1-6-35(4)48(59(112)98-45(60(113)114)22-14-31-89-68(81)119)100-57(110)43(17-9-26-84-63(75)76)95-53(106)40(20-12-29-87-66(79)117)93-55(108)44(23-32-120-5)96-54(107)41(21-13-30-88-67(80)118)97-58(111)47(34(2)3)99-56(109)42(16-8-25-83-62(73)74)94-52(105)38(15-7-24-82-61(71)72)92-51(104)39(19-11-28-86-65(78)116)91-50(103)37(18-10-27-85-64(77)115)90-49(102)36(69)33-46(70)101/h34-45,47-48H,6-33,69H2,1-5H3,(H2,70,101)(H,90,102)(H,91,103)(H,92,104)(H,93,108)(H,94,105)(H,95,106)(H,96,107)(H,97,111)(H,98,112)(H,99,109)(H,100,110)(H,113,114)(H4,71,72,82)(H4,73,74,83)(H4,75,76,84)(H3,77,85,115)(H3,78,86,116)(H3,79,87,117)(H3,80,88,118)(H3,81,89,119)/t35-,36-,37-,38-,39-,40-,41-,42-,43-,44-,45-,47-,48-/m0/s1. The normalized spacial score (nSPS) is 14.1. The first-order valence-electron chi connectivity index (χ1n) is 38.9. The molecular weight excluding hydrogens is 1600 g/mol. The molecule has 0 bridgehead atoms. The van der Waals surface area contributed by atoms with Crippen molar-refractivity contribution in [3.05, 3.63) is 0 Å². The van der Waals surface area contributed by atoms with Gasteiger partial charge in [-0.1, -0.05) is 34.1 Å². The molecule has 0 aromatic carbocycles. The zero-order valence-corrected chi connectivity index (χ0v) is 69.2. The number of urea groups is 5. The Kier molecular flexibility index (Phi) is 53.9. The number of carbonyl (C=O) groups is 18. The fourth-order valence-electron chi connectivity index (χ4n) is 11.3. The van der Waals surface area contributed by atoms with Crippen LogP contribution in [0.25, 0.3) is 0 Å². The first kappa shape index (κ1) is 108. The van der Waals surface area contributed by atoms with Gasteiger partial charge in [0, 0.05) is 52.4 Å². The molecule has 0 aromatic rings. The molecule has 120 heavy (non-hydrogen) atoms. The molecule has 0 aliphatic rings. The van der Waals surface area contributed by atoms with Crippen molar-refractivity contribution in [2.75, 3.05) is 64.4 Å². The molecule has 0 fully saturated rings. The highest BCUT2D eigenvalue weighted by molar-refractivity contribution is 7.98. The van der Waals surface area contributed by atoms with Gasteiger partial charge in [-0.15, -0.1) is 0 Å². The van der Waals surface area contributed by atoms with Gasteiger partial charge in [-0.05, 0) is 133 Å². The monoisotopic (exact) mass is 1730 g/mol. The van der Waals surface area contributed by atoms with E-state index in [0.717, 1.165) is 0 Å². The maximum atomic E-state index is 14.8. The summed E-state index contributed by atoms with van der Waals surface area (Å²) in [5, 5.41) is 80.6. The van der Waals surface area contributed by atoms with Gasteiger partial charge in [0.15, 0.2) is 17.9 Å². The first-order chi connectivity index (χ1) is 56.4. The number of amides is 22. The van der Waals surface area contributed by atoms with Gasteiger partial charge in [0.25, 0.3) is 0 Å². The van der Waals surface area contributed by atoms with E-state index in [1.54, 1.807) is 20.1 Å². The van der Waals surface area contributed by atoms with Crippen LogP contribution in [-0.2, 0) is 62.3 Å². The van der Waals surface area contributed by atoms with Crippen molar-refractivity contribution in [1.29, 1.82) is 16.2 Å². The van der Waals surface area contributed by atoms with Crippen LogP contribution in [0.15, 0.2) is 0 Å². The fraction of sp³-hybridized carbons (Fsp3) is 0.691. The lowest BCUT2D eigenvalue weighted by atomic mass is 9.96. The van der Waals surface area contributed by atoms with E-state index in [2.05, 4.69) is 101 Å². The molecule has 0 radical (unpaired) electrons. The molecule has 51 nitrogen and oxygen atoms in total. The number of nitrogens with two attached hydrogens (primary N) is 10. The maximum absolute atomic E-state index is 14.8. The van der Waals surface area contributed by atoms with Crippen LogP contribution in [0.1, 0.15) is 150 Å². The third-order valence-corrected chi connectivity index (χ3v) is 18.5. The van der Waals surface area contributed by atoms with Gasteiger partial charge in [-0.25, -0.2) is 28.8 Å². The second kappa shape index (κ2) is 60.1. The molecule has 0 saturated carbocycles. The van der Waals surface area contributed by atoms with Crippen LogP contribution >= 0.6 is 11.8 Å². The van der Waals surface area contributed by atoms with E-state index in [1.165, 1.54) is 25.6 Å². The molecule has 0 aliphatic heterocycles. The Morgan fingerprint density at radius 2 is 0.525 bits per heavy atom. The minimum atomic E-state index is -1.62. The van der Waals surface area contributed by atoms with Crippen LogP contribution in [0.3, 0.4) is 0 Å². The Bertz CT molecular complexity index is 3440. The Balaban J connectivity index is 7.80. The molecule has 0 heterocycles. The van der Waals surface area contributed by atoms with Crippen LogP contribution in [-0.4, -0.2) is 267 Å². The van der Waals surface area contributed by atoms with E-state index >= 15 is 0 Å². The topological polar surface area (TPSA) is 888 Å². The largest absolute Gasteiger partial charge is 0.480 e. The molecule has 0 saturated heterocycles. The number of guanidine groups is 3. The molecule has 680 valence electrons. The SMILES string of the molecule is CC[C@H](C)[C@H](NC(=O)[C@H](CCCNC(=N)N)NC(=O)[C@H](CCCNC(N)=O)NC(=O)[C@H](CCSC)NC(=O)[C@H](CCCNC(N)=O)NC(=O)[C@@H](NC(=O)[C@H](CCCNC(=N)N)NC(=O)[C@H](CCCNC(=N)N)NC(=O)[C@H](CCCNC(N)=O)NC(=O)[C@H](CCCNC(N)=O)NC(=O)[C@@H](N)CC(N)=O)C(C)C)C(=O)N[C@@H](CCCNC(N)=O)C(=O)O. The van der Waals surface area contributed by atoms with Gasteiger partial charge >= 0.3 is 36.1 Å². The van der Waals surface area contributed by atoms with Crippen LogP contribution in [0.4, 0.5) is 24.0 Å². The van der Waals surface area contributed by atoms with Crippen molar-refractivity contribution in [2.24, 2.45) is 69.2 Å². The highest BCUT2D eigenvalue weighted by Crippen LogP contribution is 2.15. The second-order valence-electron chi connectivity index (χ2n) is 28.2. The third-order valence-electron chi connectivity index (χ3n) is 17.9. The third kappa shape index (κ3) is 49.0. The van der Waals surface area contributed by atoms with Crippen LogP contribution in [0.5, 0.6) is 0 Å². The molecule has 43 N–H and O–H groups in total. The summed E-state index contributed by atoms with van der Waals surface area (Å²) in [6.07, 6.45) is -0.895. The van der Waals surface area contributed by atoms with E-state index in [4.69, 9.17) is 73.6 Å². The van der Waals surface area contributed by atoms with E-state index in [1.807, 2.05) is 0 Å². The van der Waals surface area contributed by atoms with Gasteiger partial charge in [-0.3, -0.25) is 73.8 Å². The number of nitrogens with one attached hydrogen (secondary N) is 22. The average Bonchev–Trinajstić information content (AvgIpc) is 0.857. The molecule has 52 heteroatoms. The van der Waals surface area contributed by atoms with E-state index in [9.17, 15) is 91.4 Å². The molecule has 13 atom stereocenters. The molecular formula is C68H128N32O19S. The van der Waals surface area contributed by atoms with Gasteiger partial charge < -0.3 is 163 Å². The van der Waals surface area contributed by atoms with Crippen LogP contribution in [0, 0.1) is 28.1 Å². The number of hydrogen-bond donors (Lipinski definition) is 33. The number of primary amides is 6. The number of rotatable bonds is 63. The predicted octanol–water partition coefficient (Wildman–Crippen LogP) is -9.91. The van der Waals surface area contributed by atoms with Crippen molar-refractivity contribution in [3.8, 4) is 0 Å². The highest BCUT2D eigenvalue weighted by Gasteiger charge is 2.38. The fourth-order valence-corrected chi connectivity index (χ4v) is 11.8. The number of hydrogen-bond acceptors (Lipinski definition) is 23. The van der Waals surface area contributed by atoms with E-state index < -0.39 is 216 Å². The number of thioether (sulfide) groups is 1. The van der Waals surface area contributed by atoms with Gasteiger partial charge in [-0.2, -0.15) is 11.8 Å². The van der Waals surface area contributed by atoms with Gasteiger partial charge in [0.2, 0.25) is 70.9 Å². The lowest BCUT2D eigenvalue weighted by Gasteiger charge is -2.30. The summed E-state index contributed by atoms with van der Waals surface area (Å²) >= 11 is 1.24. The zero-order valence-electron chi connectivity index (χ0n) is 68.4. The summed E-state index contributed by atoms with van der Waals surface area (Å²) in [6.45, 7) is 5.63. The highest BCUT2D eigenvalue weighted by atomic mass is 32.2. The number of carboxylic acids is 1. The zero-order chi connectivity index (χ0) is 91.1. The summed E-state index contributed by atoms with van der Waals surface area (Å²) < 4.78 is 0. The molecule has 0 unspecified atom stereocenters. The van der Waals surface area contributed by atoms with E-state index in [-0.39, 0.29) is 174 Å². The van der Waals surface area contributed by atoms with Crippen molar-refractivity contribution < 1.29 is 91.4 Å². The minimum absolute atomic E-state index is 0.000215. The average molecular weight is 1730 g/mol. The minimum Gasteiger partial charge on any atom is -0.480 e. The molecule has 0 aliphatic carbocycles. The quantitative estimate of drug-likeness (QED) is 0.0153. The van der Waals surface area contributed by atoms with Crippen molar-refractivity contribution in [3.63, 3.8) is 0 Å². The Labute approximate surface area is 698 Å². The van der Waals surface area contributed by atoms with Crippen LogP contribution < -0.4 is 158 Å². The van der Waals surface area contributed by atoms with Crippen molar-refractivity contribution in [2.45, 2.75) is 222 Å². The lowest BCUT2D eigenvalue weighted by Crippen LogP contribution is -2.61. The van der Waals surface area contributed by atoms with Crippen LogP contribution in [0.2, 0.25) is 0 Å². The first-order valence-corrected chi connectivity index (χ1v) is 40.3. The Morgan fingerprint density at radius 1 is 0.308 bits per heavy atom. The molecule has 0 aromatic heterocycles. The smallest absolute Gasteiger partial charge is 0.326 e.